The summed E-state index contributed by atoms with van der Waals surface area (Å²) in [5.41, 5.74) is 0.487. The van der Waals surface area contributed by atoms with Crippen LogP contribution in [-0.2, 0) is 14.3 Å². The van der Waals surface area contributed by atoms with Gasteiger partial charge in [-0.25, -0.2) is 4.79 Å². The minimum absolute atomic E-state index is 0.0885. The van der Waals surface area contributed by atoms with Gasteiger partial charge in [0.05, 0.1) is 5.56 Å². The van der Waals surface area contributed by atoms with Gasteiger partial charge in [0, 0.05) is 6.42 Å². The van der Waals surface area contributed by atoms with Crippen molar-refractivity contribution >= 4 is 11.9 Å². The molecule has 0 spiro atoms. The highest BCUT2D eigenvalue weighted by Gasteiger charge is 2.12. The van der Waals surface area contributed by atoms with Gasteiger partial charge in [0.1, 0.15) is 12.7 Å². The fraction of sp³-hybridized carbons (Fsp3) is 0.385. The van der Waals surface area contributed by atoms with Gasteiger partial charge in [-0.1, -0.05) is 25.1 Å². The van der Waals surface area contributed by atoms with Gasteiger partial charge in [-0.15, -0.1) is 0 Å². The van der Waals surface area contributed by atoms with Gasteiger partial charge >= 0.3 is 11.9 Å². The summed E-state index contributed by atoms with van der Waals surface area (Å²) >= 11 is 0. The maximum atomic E-state index is 11.6. The molecule has 0 aliphatic heterocycles. The molecule has 0 heterocycles. The first-order valence-corrected chi connectivity index (χ1v) is 5.55. The molecule has 1 rings (SSSR count). The van der Waals surface area contributed by atoms with E-state index in [1.807, 2.05) is 6.07 Å². The van der Waals surface area contributed by atoms with Crippen LogP contribution >= 0.6 is 0 Å². The Hall–Kier alpha value is -1.84. The second-order valence-electron chi connectivity index (χ2n) is 3.62. The standard InChI is InChI=1S/C13H16O4/c1-3-12(14)16-9-10(2)17-13(15)11-7-5-4-6-8-11/h4-8,10H,3,9H2,1-2H3/t10-/m1/s1. The Balaban J connectivity index is 2.39. The molecular formula is C13H16O4. The zero-order valence-corrected chi connectivity index (χ0v) is 10.0. The third-order valence-corrected chi connectivity index (χ3v) is 2.09. The average molecular weight is 236 g/mol. The quantitative estimate of drug-likeness (QED) is 0.735. The summed E-state index contributed by atoms with van der Waals surface area (Å²) in [7, 11) is 0. The topological polar surface area (TPSA) is 52.6 Å². The van der Waals surface area contributed by atoms with E-state index >= 15 is 0 Å². The lowest BCUT2D eigenvalue weighted by Crippen LogP contribution is -2.22. The van der Waals surface area contributed by atoms with Crippen LogP contribution in [0.25, 0.3) is 0 Å². The molecule has 1 aromatic rings. The fourth-order valence-electron chi connectivity index (χ4n) is 1.17. The Kier molecular flexibility index (Phi) is 5.20. The van der Waals surface area contributed by atoms with Crippen LogP contribution in [0.15, 0.2) is 30.3 Å². The summed E-state index contributed by atoms with van der Waals surface area (Å²) in [6.07, 6.45) is -0.127. The van der Waals surface area contributed by atoms with Crippen LogP contribution < -0.4 is 0 Å². The van der Waals surface area contributed by atoms with Crippen LogP contribution in [0.4, 0.5) is 0 Å². The molecule has 0 unspecified atom stereocenters. The normalized spacial score (nSPS) is 11.6. The van der Waals surface area contributed by atoms with Crippen molar-refractivity contribution in [3.05, 3.63) is 35.9 Å². The highest BCUT2D eigenvalue weighted by atomic mass is 16.6. The van der Waals surface area contributed by atoms with Crippen molar-refractivity contribution in [2.75, 3.05) is 6.61 Å². The molecule has 0 N–H and O–H groups in total. The number of carbonyl (C=O) groups excluding carboxylic acids is 2. The zero-order valence-electron chi connectivity index (χ0n) is 10.0. The van der Waals surface area contributed by atoms with E-state index in [2.05, 4.69) is 0 Å². The second-order valence-corrected chi connectivity index (χ2v) is 3.62. The fourth-order valence-corrected chi connectivity index (χ4v) is 1.17. The smallest absolute Gasteiger partial charge is 0.338 e. The molecule has 0 saturated carbocycles. The summed E-state index contributed by atoms with van der Waals surface area (Å²) in [5.74, 6) is -0.710. The number of rotatable bonds is 5. The van der Waals surface area contributed by atoms with Gasteiger partial charge in [0.25, 0.3) is 0 Å². The van der Waals surface area contributed by atoms with E-state index < -0.39 is 12.1 Å². The van der Waals surface area contributed by atoms with Crippen molar-refractivity contribution in [3.8, 4) is 0 Å². The first kappa shape index (κ1) is 13.2. The van der Waals surface area contributed by atoms with E-state index in [0.717, 1.165) is 0 Å². The molecule has 1 atom stereocenters. The molecular weight excluding hydrogens is 220 g/mol. The number of hydrogen-bond donors (Lipinski definition) is 0. The highest BCUT2D eigenvalue weighted by Crippen LogP contribution is 2.04. The largest absolute Gasteiger partial charge is 0.462 e. The molecule has 92 valence electrons. The Morgan fingerprint density at radius 2 is 1.88 bits per heavy atom. The predicted molar refractivity (Wildman–Crippen MR) is 62.6 cm³/mol. The summed E-state index contributed by atoms with van der Waals surface area (Å²) in [5, 5.41) is 0. The van der Waals surface area contributed by atoms with E-state index in [9.17, 15) is 9.59 Å². The lowest BCUT2D eigenvalue weighted by molar-refractivity contribution is -0.146. The van der Waals surface area contributed by atoms with Crippen LogP contribution in [0.1, 0.15) is 30.6 Å². The first-order chi connectivity index (χ1) is 8.13. The van der Waals surface area contributed by atoms with Crippen molar-refractivity contribution in [1.82, 2.24) is 0 Å². The molecule has 4 heteroatoms. The number of carbonyl (C=O) groups is 2. The second kappa shape index (κ2) is 6.68. The van der Waals surface area contributed by atoms with E-state index in [1.54, 1.807) is 38.1 Å². The molecule has 0 fully saturated rings. The molecule has 0 aromatic heterocycles. The third-order valence-electron chi connectivity index (χ3n) is 2.09. The van der Waals surface area contributed by atoms with Gasteiger partial charge in [-0.2, -0.15) is 0 Å². The maximum Gasteiger partial charge on any atom is 0.338 e. The van der Waals surface area contributed by atoms with Crippen LogP contribution in [0.3, 0.4) is 0 Å². The van der Waals surface area contributed by atoms with Crippen molar-refractivity contribution in [1.29, 1.82) is 0 Å². The SMILES string of the molecule is CCC(=O)OC[C@@H](C)OC(=O)c1ccccc1. The van der Waals surface area contributed by atoms with E-state index in [1.165, 1.54) is 0 Å². The first-order valence-electron chi connectivity index (χ1n) is 5.55. The van der Waals surface area contributed by atoms with Gasteiger partial charge < -0.3 is 9.47 Å². The van der Waals surface area contributed by atoms with Crippen molar-refractivity contribution < 1.29 is 19.1 Å². The van der Waals surface area contributed by atoms with E-state index in [4.69, 9.17) is 9.47 Å². The molecule has 0 radical (unpaired) electrons. The van der Waals surface area contributed by atoms with Gasteiger partial charge in [0.15, 0.2) is 0 Å². The lowest BCUT2D eigenvalue weighted by Gasteiger charge is -2.13. The maximum absolute atomic E-state index is 11.6. The summed E-state index contributed by atoms with van der Waals surface area (Å²) in [4.78, 5) is 22.5. The molecule has 17 heavy (non-hydrogen) atoms. The Morgan fingerprint density at radius 1 is 1.24 bits per heavy atom. The van der Waals surface area contributed by atoms with Gasteiger partial charge in [0.2, 0.25) is 0 Å². The molecule has 0 saturated heterocycles. The Morgan fingerprint density at radius 3 is 2.47 bits per heavy atom. The van der Waals surface area contributed by atoms with E-state index in [0.29, 0.717) is 12.0 Å². The number of hydrogen-bond acceptors (Lipinski definition) is 4. The number of ether oxygens (including phenoxy) is 2. The average Bonchev–Trinajstić information content (AvgIpc) is 2.36. The summed E-state index contributed by atoms with van der Waals surface area (Å²) in [6.45, 7) is 3.48. The zero-order chi connectivity index (χ0) is 12.7. The Labute approximate surface area is 101 Å². The molecule has 4 nitrogen and oxygen atoms in total. The van der Waals surface area contributed by atoms with Crippen LogP contribution in [-0.4, -0.2) is 24.6 Å². The number of benzene rings is 1. The van der Waals surface area contributed by atoms with Crippen LogP contribution in [0, 0.1) is 0 Å². The molecule has 0 aliphatic rings. The van der Waals surface area contributed by atoms with Crippen molar-refractivity contribution in [2.24, 2.45) is 0 Å². The molecule has 1 aromatic carbocycles. The van der Waals surface area contributed by atoms with Crippen molar-refractivity contribution in [3.63, 3.8) is 0 Å². The highest BCUT2D eigenvalue weighted by molar-refractivity contribution is 5.89. The monoisotopic (exact) mass is 236 g/mol. The van der Waals surface area contributed by atoms with Crippen LogP contribution in [0.2, 0.25) is 0 Å². The Bertz CT molecular complexity index is 372. The van der Waals surface area contributed by atoms with E-state index in [-0.39, 0.29) is 12.6 Å². The summed E-state index contributed by atoms with van der Waals surface area (Å²) < 4.78 is 9.99. The van der Waals surface area contributed by atoms with Gasteiger partial charge in [-0.05, 0) is 19.1 Å². The number of esters is 2. The van der Waals surface area contributed by atoms with Crippen LogP contribution in [0.5, 0.6) is 0 Å². The molecule has 0 aliphatic carbocycles. The third kappa shape index (κ3) is 4.68. The minimum atomic E-state index is -0.446. The van der Waals surface area contributed by atoms with Crippen molar-refractivity contribution in [2.45, 2.75) is 26.4 Å². The summed E-state index contributed by atoms with van der Waals surface area (Å²) in [6, 6.07) is 8.69. The predicted octanol–water partition coefficient (Wildman–Crippen LogP) is 2.19. The lowest BCUT2D eigenvalue weighted by atomic mass is 10.2. The minimum Gasteiger partial charge on any atom is -0.462 e. The van der Waals surface area contributed by atoms with Gasteiger partial charge in [-0.3, -0.25) is 4.79 Å². The molecule has 0 bridgehead atoms. The molecule has 0 amide bonds.